The van der Waals surface area contributed by atoms with Crippen molar-refractivity contribution in [2.45, 2.75) is 23.9 Å². The van der Waals surface area contributed by atoms with Crippen LogP contribution in [0.5, 0.6) is 0 Å². The second-order valence-electron chi connectivity index (χ2n) is 4.13. The minimum Gasteiger partial charge on any atom is -0.374 e. The van der Waals surface area contributed by atoms with E-state index in [1.807, 2.05) is 0 Å². The molecule has 1 saturated heterocycles. The van der Waals surface area contributed by atoms with Crippen molar-refractivity contribution >= 4 is 16.3 Å². The Morgan fingerprint density at radius 3 is 2.00 bits per heavy atom. The fourth-order valence-corrected chi connectivity index (χ4v) is 1.66. The van der Waals surface area contributed by atoms with Crippen molar-refractivity contribution in [1.29, 1.82) is 0 Å². The molecule has 0 aromatic rings. The molecule has 0 saturated carbocycles. The Morgan fingerprint density at radius 1 is 1.13 bits per heavy atom. The first-order valence-corrected chi connectivity index (χ1v) is 6.85. The highest BCUT2D eigenvalue weighted by atomic mass is 32.3. The molecule has 1 fully saturated rings. The zero-order valence-electron chi connectivity index (χ0n) is 10.5. The molecule has 0 N–H and O–H groups in total. The van der Waals surface area contributed by atoms with Crippen molar-refractivity contribution in [3.8, 4) is 0 Å². The molecule has 1 aliphatic heterocycles. The van der Waals surface area contributed by atoms with E-state index < -0.39 is 59.2 Å². The van der Waals surface area contributed by atoms with Crippen molar-refractivity contribution in [1.82, 2.24) is 0 Å². The largest absolute Gasteiger partial charge is 0.454 e. The minimum absolute atomic E-state index is 1.24. The number of carbonyl (C=O) groups is 1. The van der Waals surface area contributed by atoms with Crippen LogP contribution in [0.15, 0.2) is 0 Å². The summed E-state index contributed by atoms with van der Waals surface area (Å²) < 4.78 is 132. The number of hydrogen-bond acceptors (Lipinski definition) is 6. The second kappa shape index (κ2) is 5.78. The van der Waals surface area contributed by atoms with Crippen molar-refractivity contribution in [3.63, 3.8) is 0 Å². The minimum atomic E-state index is -6.21. The summed E-state index contributed by atoms with van der Waals surface area (Å²) in [6.07, 6.45) is -11.7. The van der Waals surface area contributed by atoms with Crippen LogP contribution in [0.1, 0.15) is 0 Å². The molecule has 136 valence electrons. The van der Waals surface area contributed by atoms with Gasteiger partial charge in [0.1, 0.15) is 12.4 Å². The molecule has 0 aliphatic carbocycles. The lowest BCUT2D eigenvalue weighted by Crippen LogP contribution is -2.53. The Hall–Kier alpha value is -1.06. The van der Waals surface area contributed by atoms with Gasteiger partial charge in [-0.2, -0.15) is 39.2 Å². The second-order valence-corrected chi connectivity index (χ2v) is 5.62. The molecule has 0 radical (unpaired) electrons. The predicted octanol–water partition coefficient (Wildman–Crippen LogP) is 1.36. The quantitative estimate of drug-likeness (QED) is 0.392. The summed E-state index contributed by atoms with van der Waals surface area (Å²) in [7, 11) is -5.13. The number of carbonyl (C=O) groups excluding carboxylic acids is 1. The highest BCUT2D eigenvalue weighted by Crippen LogP contribution is 2.54. The molecule has 0 aromatic heterocycles. The van der Waals surface area contributed by atoms with Crippen LogP contribution in [0, 0.1) is 0 Å². The lowest BCUT2D eigenvalue weighted by Gasteiger charge is -2.25. The van der Waals surface area contributed by atoms with Crippen LogP contribution in [-0.4, -0.2) is 57.3 Å². The fourth-order valence-electron chi connectivity index (χ4n) is 1.35. The molecule has 0 amide bonds. The maximum absolute atomic E-state index is 13.8. The number of alkyl halides is 6. The van der Waals surface area contributed by atoms with Crippen molar-refractivity contribution < 1.29 is 62.0 Å². The highest BCUT2D eigenvalue weighted by Gasteiger charge is 2.82. The van der Waals surface area contributed by atoms with E-state index in [0.29, 0.717) is 0 Å². The Morgan fingerprint density at radius 2 is 1.65 bits per heavy atom. The van der Waals surface area contributed by atoms with Crippen molar-refractivity contribution in [2.24, 2.45) is 0 Å². The Balaban J connectivity index is 2.96. The first kappa shape index (κ1) is 20.0. The van der Waals surface area contributed by atoms with Crippen molar-refractivity contribution in [3.05, 3.63) is 0 Å². The Labute approximate surface area is 122 Å². The average Bonchev–Trinajstić information content (AvgIpc) is 2.52. The summed E-state index contributed by atoms with van der Waals surface area (Å²) in [5.74, 6) is -11.4. The Bertz CT molecular complexity index is 576. The number of halogens is 8. The van der Waals surface area contributed by atoms with Gasteiger partial charge in [0.15, 0.2) is 0 Å². The molecular formula is C8H6F8O6S. The maximum Gasteiger partial charge on any atom is 0.454 e. The molecule has 23 heavy (non-hydrogen) atoms. The van der Waals surface area contributed by atoms with Gasteiger partial charge in [-0.25, -0.2) is 0 Å². The van der Waals surface area contributed by atoms with Gasteiger partial charge in [0.25, 0.3) is 0 Å². The van der Waals surface area contributed by atoms with Gasteiger partial charge in [0.2, 0.25) is 0 Å². The normalized spacial score (nSPS) is 31.3. The molecule has 0 bridgehead atoms. The topological polar surface area (TPSA) is 78.9 Å². The van der Waals surface area contributed by atoms with E-state index in [-0.39, 0.29) is 0 Å². The average molecular weight is 382 g/mol. The van der Waals surface area contributed by atoms with E-state index in [1.165, 1.54) is 0 Å². The van der Waals surface area contributed by atoms with E-state index >= 15 is 0 Å². The Kier molecular flexibility index (Phi) is 5.03. The summed E-state index contributed by atoms with van der Waals surface area (Å²) in [6.45, 7) is -3.35. The van der Waals surface area contributed by atoms with E-state index in [4.69, 9.17) is 0 Å². The number of rotatable bonds is 6. The zero-order chi connectivity index (χ0) is 18.3. The molecule has 2 unspecified atom stereocenters. The lowest BCUT2D eigenvalue weighted by atomic mass is 10.3. The summed E-state index contributed by atoms with van der Waals surface area (Å²) >= 11 is 0. The van der Waals surface area contributed by atoms with Gasteiger partial charge in [-0.15, -0.1) is 3.89 Å². The molecule has 1 heterocycles. The molecule has 0 spiro atoms. The fraction of sp³-hybridized carbons (Fsp3) is 0.875. The standard InChI is InChI=1S/C8H6F8O6S/c9-4(17)6(7(11,12)13)21-5(10,8(14,15)22-6)3-20-1-2-23(16,18)19/h1-3H2. The van der Waals surface area contributed by atoms with Gasteiger partial charge in [-0.3, -0.25) is 14.3 Å². The third-order valence-corrected chi connectivity index (χ3v) is 3.06. The van der Waals surface area contributed by atoms with E-state index in [2.05, 4.69) is 14.2 Å². The van der Waals surface area contributed by atoms with E-state index in [0.717, 1.165) is 0 Å². The summed E-state index contributed by atoms with van der Waals surface area (Å²) in [5.41, 5.74) is 0. The van der Waals surface area contributed by atoms with Crippen molar-refractivity contribution in [2.75, 3.05) is 19.0 Å². The molecule has 1 aliphatic rings. The lowest BCUT2D eigenvalue weighted by molar-refractivity contribution is -0.361. The molecule has 0 aromatic carbocycles. The maximum atomic E-state index is 13.8. The number of ether oxygens (including phenoxy) is 3. The number of hydrogen-bond donors (Lipinski definition) is 0. The predicted molar refractivity (Wildman–Crippen MR) is 51.6 cm³/mol. The van der Waals surface area contributed by atoms with Gasteiger partial charge in [-0.05, 0) is 0 Å². The van der Waals surface area contributed by atoms with Gasteiger partial charge in [0.05, 0.1) is 6.61 Å². The molecule has 2 atom stereocenters. The first-order valence-electron chi connectivity index (χ1n) is 5.30. The van der Waals surface area contributed by atoms with Crippen LogP contribution in [0.3, 0.4) is 0 Å². The molecule has 15 heteroatoms. The summed E-state index contributed by atoms with van der Waals surface area (Å²) in [4.78, 5) is 10.3. The van der Waals surface area contributed by atoms with Crippen LogP contribution in [0.4, 0.5) is 34.6 Å². The van der Waals surface area contributed by atoms with Crippen LogP contribution in [-0.2, 0) is 29.2 Å². The van der Waals surface area contributed by atoms with E-state index in [9.17, 15) is 47.8 Å². The highest BCUT2D eigenvalue weighted by molar-refractivity contribution is 7.86. The SMILES string of the molecule is O=C(F)C1(C(F)(F)F)OC(F)(F)C(F)(COCCS(=O)(=O)F)O1. The van der Waals surface area contributed by atoms with Crippen LogP contribution >= 0.6 is 0 Å². The van der Waals surface area contributed by atoms with Crippen LogP contribution in [0.2, 0.25) is 0 Å². The van der Waals surface area contributed by atoms with Gasteiger partial charge >= 0.3 is 40.2 Å². The smallest absolute Gasteiger partial charge is 0.374 e. The molecular weight excluding hydrogens is 376 g/mol. The van der Waals surface area contributed by atoms with Gasteiger partial charge in [0, 0.05) is 0 Å². The monoisotopic (exact) mass is 382 g/mol. The third kappa shape index (κ3) is 3.89. The van der Waals surface area contributed by atoms with Gasteiger partial charge in [-0.1, -0.05) is 0 Å². The molecule has 1 rings (SSSR count). The van der Waals surface area contributed by atoms with E-state index in [1.54, 1.807) is 0 Å². The first-order chi connectivity index (χ1) is 10.1. The van der Waals surface area contributed by atoms with Crippen LogP contribution < -0.4 is 0 Å². The zero-order valence-corrected chi connectivity index (χ0v) is 11.3. The third-order valence-electron chi connectivity index (χ3n) is 2.40. The summed E-state index contributed by atoms with van der Waals surface area (Å²) in [5, 5.41) is 0. The molecule has 6 nitrogen and oxygen atoms in total. The van der Waals surface area contributed by atoms with Crippen LogP contribution in [0.25, 0.3) is 0 Å². The van der Waals surface area contributed by atoms with Gasteiger partial charge < -0.3 is 4.74 Å². The summed E-state index contributed by atoms with van der Waals surface area (Å²) in [6, 6.07) is -3.60.